The van der Waals surface area contributed by atoms with Gasteiger partial charge in [0.15, 0.2) is 0 Å². The van der Waals surface area contributed by atoms with Gasteiger partial charge in [-0.15, -0.1) is 0 Å². The van der Waals surface area contributed by atoms with Crippen LogP contribution in [0.1, 0.15) is 44.9 Å². The molecular formula is C15H22N2O2. The van der Waals surface area contributed by atoms with Gasteiger partial charge in [0.25, 0.3) is 0 Å². The van der Waals surface area contributed by atoms with Crippen molar-refractivity contribution in [3.8, 4) is 0 Å². The van der Waals surface area contributed by atoms with E-state index >= 15 is 0 Å². The Bertz CT molecular complexity index is 491. The van der Waals surface area contributed by atoms with Crippen molar-refractivity contribution in [1.29, 1.82) is 0 Å². The van der Waals surface area contributed by atoms with E-state index in [-0.39, 0.29) is 12.1 Å². The highest BCUT2D eigenvalue weighted by molar-refractivity contribution is 5.69. The molecule has 0 saturated carbocycles. The summed E-state index contributed by atoms with van der Waals surface area (Å²) in [6, 6.07) is 5.92. The second kappa shape index (κ2) is 4.76. The number of hydrogen-bond acceptors (Lipinski definition) is 3. The number of carbonyl (C=O) groups is 1. The van der Waals surface area contributed by atoms with E-state index in [1.807, 2.05) is 45.9 Å². The van der Waals surface area contributed by atoms with Gasteiger partial charge in [0.1, 0.15) is 5.60 Å². The molecule has 2 rings (SSSR count). The van der Waals surface area contributed by atoms with E-state index in [0.29, 0.717) is 6.54 Å². The van der Waals surface area contributed by atoms with Crippen LogP contribution in [0, 0.1) is 0 Å². The molecule has 4 heteroatoms. The second-order valence-electron chi connectivity index (χ2n) is 6.06. The third-order valence-electron chi connectivity index (χ3n) is 3.34. The number of nitrogens with two attached hydrogens (primary N) is 1. The molecule has 1 atom stereocenters. The number of fused-ring (bicyclic) bond motifs is 1. The van der Waals surface area contributed by atoms with Crippen LogP contribution in [-0.4, -0.2) is 23.1 Å². The standard InChI is InChI=1S/C15H22N2O2/c1-10-13-9-12(16)6-5-11(13)7-8-17(10)14(18)19-15(2,3)4/h5-6,9-10H,7-8,16H2,1-4H3. The van der Waals surface area contributed by atoms with Crippen LogP contribution in [0.3, 0.4) is 0 Å². The van der Waals surface area contributed by atoms with E-state index < -0.39 is 5.60 Å². The molecule has 1 aliphatic rings. The largest absolute Gasteiger partial charge is 0.444 e. The number of anilines is 1. The Morgan fingerprint density at radius 3 is 2.74 bits per heavy atom. The van der Waals surface area contributed by atoms with Crippen molar-refractivity contribution in [3.05, 3.63) is 29.3 Å². The monoisotopic (exact) mass is 262 g/mol. The van der Waals surface area contributed by atoms with Crippen molar-refractivity contribution < 1.29 is 9.53 Å². The minimum absolute atomic E-state index is 0.00194. The van der Waals surface area contributed by atoms with E-state index in [9.17, 15) is 4.79 Å². The Morgan fingerprint density at radius 2 is 2.11 bits per heavy atom. The minimum Gasteiger partial charge on any atom is -0.444 e. The van der Waals surface area contributed by atoms with Crippen LogP contribution in [0.5, 0.6) is 0 Å². The Balaban J connectivity index is 2.21. The molecule has 4 nitrogen and oxygen atoms in total. The lowest BCUT2D eigenvalue weighted by atomic mass is 9.93. The fourth-order valence-electron chi connectivity index (χ4n) is 2.40. The summed E-state index contributed by atoms with van der Waals surface area (Å²) < 4.78 is 5.45. The van der Waals surface area contributed by atoms with E-state index in [4.69, 9.17) is 10.5 Å². The highest BCUT2D eigenvalue weighted by Crippen LogP contribution is 2.31. The molecule has 0 saturated heterocycles. The van der Waals surface area contributed by atoms with Gasteiger partial charge in [-0.1, -0.05) is 6.07 Å². The van der Waals surface area contributed by atoms with E-state index in [1.54, 1.807) is 4.90 Å². The van der Waals surface area contributed by atoms with Crippen LogP contribution in [0.4, 0.5) is 10.5 Å². The lowest BCUT2D eigenvalue weighted by Crippen LogP contribution is -2.42. The maximum absolute atomic E-state index is 12.2. The summed E-state index contributed by atoms with van der Waals surface area (Å²) in [7, 11) is 0. The summed E-state index contributed by atoms with van der Waals surface area (Å²) in [6.07, 6.45) is 0.590. The van der Waals surface area contributed by atoms with Crippen molar-refractivity contribution in [2.45, 2.75) is 45.8 Å². The van der Waals surface area contributed by atoms with Crippen molar-refractivity contribution in [2.75, 3.05) is 12.3 Å². The van der Waals surface area contributed by atoms with Crippen molar-refractivity contribution >= 4 is 11.8 Å². The van der Waals surface area contributed by atoms with Gasteiger partial charge in [-0.3, -0.25) is 0 Å². The normalized spacial score (nSPS) is 18.9. The number of carbonyl (C=O) groups excluding carboxylic acids is 1. The molecule has 1 amide bonds. The molecule has 19 heavy (non-hydrogen) atoms. The van der Waals surface area contributed by atoms with Gasteiger partial charge in [-0.2, -0.15) is 0 Å². The van der Waals surface area contributed by atoms with E-state index in [2.05, 4.69) is 0 Å². The van der Waals surface area contributed by atoms with Gasteiger partial charge in [0, 0.05) is 12.2 Å². The first-order valence-corrected chi connectivity index (χ1v) is 6.66. The van der Waals surface area contributed by atoms with E-state index in [1.165, 1.54) is 5.56 Å². The second-order valence-corrected chi connectivity index (χ2v) is 6.06. The molecule has 0 aromatic heterocycles. The zero-order valence-electron chi connectivity index (χ0n) is 12.1. The van der Waals surface area contributed by atoms with Crippen LogP contribution in [0.2, 0.25) is 0 Å². The molecule has 1 aliphatic heterocycles. The summed E-state index contributed by atoms with van der Waals surface area (Å²) in [4.78, 5) is 14.0. The average Bonchev–Trinajstić information content (AvgIpc) is 2.28. The number of benzene rings is 1. The Hall–Kier alpha value is -1.71. The number of nitrogens with zero attached hydrogens (tertiary/aromatic N) is 1. The Labute approximate surface area is 114 Å². The summed E-state index contributed by atoms with van der Waals surface area (Å²) in [5.74, 6) is 0. The number of ether oxygens (including phenoxy) is 1. The number of hydrogen-bond donors (Lipinski definition) is 1. The van der Waals surface area contributed by atoms with Crippen LogP contribution in [0.15, 0.2) is 18.2 Å². The average molecular weight is 262 g/mol. The molecule has 1 unspecified atom stereocenters. The topological polar surface area (TPSA) is 55.6 Å². The van der Waals surface area contributed by atoms with Crippen molar-refractivity contribution in [2.24, 2.45) is 0 Å². The lowest BCUT2D eigenvalue weighted by molar-refractivity contribution is 0.0160. The van der Waals surface area contributed by atoms with Crippen LogP contribution in [-0.2, 0) is 11.2 Å². The van der Waals surface area contributed by atoms with Crippen LogP contribution < -0.4 is 5.73 Å². The summed E-state index contributed by atoms with van der Waals surface area (Å²) in [6.45, 7) is 8.34. The predicted octanol–water partition coefficient (Wildman–Crippen LogP) is 3.12. The SMILES string of the molecule is CC1c2cc(N)ccc2CCN1C(=O)OC(C)(C)C. The molecule has 1 heterocycles. The fraction of sp³-hybridized carbons (Fsp3) is 0.533. The van der Waals surface area contributed by atoms with Crippen molar-refractivity contribution in [1.82, 2.24) is 4.90 Å². The van der Waals surface area contributed by atoms with Crippen molar-refractivity contribution in [3.63, 3.8) is 0 Å². The quantitative estimate of drug-likeness (QED) is 0.731. The first-order valence-electron chi connectivity index (χ1n) is 6.66. The van der Waals surface area contributed by atoms with E-state index in [0.717, 1.165) is 17.7 Å². The molecule has 1 aromatic carbocycles. The minimum atomic E-state index is -0.465. The fourth-order valence-corrected chi connectivity index (χ4v) is 2.40. The van der Waals surface area contributed by atoms with Gasteiger partial charge >= 0.3 is 6.09 Å². The Kier molecular flexibility index (Phi) is 3.43. The van der Waals surface area contributed by atoms with Gasteiger partial charge in [-0.25, -0.2) is 4.79 Å². The molecule has 1 aromatic rings. The van der Waals surface area contributed by atoms with Gasteiger partial charge in [0.2, 0.25) is 0 Å². The smallest absolute Gasteiger partial charge is 0.410 e. The molecule has 104 valence electrons. The molecule has 2 N–H and O–H groups in total. The van der Waals surface area contributed by atoms with Crippen LogP contribution in [0.25, 0.3) is 0 Å². The highest BCUT2D eigenvalue weighted by atomic mass is 16.6. The first-order chi connectivity index (χ1) is 8.78. The van der Waals surface area contributed by atoms with Gasteiger partial charge < -0.3 is 15.4 Å². The summed E-state index contributed by atoms with van der Waals surface area (Å²) >= 11 is 0. The summed E-state index contributed by atoms with van der Waals surface area (Å²) in [5.41, 5.74) is 8.49. The molecule has 0 radical (unpaired) electrons. The highest BCUT2D eigenvalue weighted by Gasteiger charge is 2.30. The lowest BCUT2D eigenvalue weighted by Gasteiger charge is -2.36. The molecular weight excluding hydrogens is 240 g/mol. The molecule has 0 aliphatic carbocycles. The zero-order valence-corrected chi connectivity index (χ0v) is 12.1. The molecule has 0 spiro atoms. The number of rotatable bonds is 0. The maximum Gasteiger partial charge on any atom is 0.410 e. The maximum atomic E-state index is 12.2. The zero-order chi connectivity index (χ0) is 14.2. The first kappa shape index (κ1) is 13.7. The van der Waals surface area contributed by atoms with Gasteiger partial charge in [0.05, 0.1) is 6.04 Å². The third kappa shape index (κ3) is 3.00. The van der Waals surface area contributed by atoms with Gasteiger partial charge in [-0.05, 0) is 57.4 Å². The number of nitrogen functional groups attached to an aromatic ring is 1. The van der Waals surface area contributed by atoms with Crippen LogP contribution >= 0.6 is 0 Å². The predicted molar refractivity (Wildman–Crippen MR) is 75.9 cm³/mol. The number of amides is 1. The Morgan fingerprint density at radius 1 is 1.42 bits per heavy atom. The molecule has 0 fully saturated rings. The molecule has 0 bridgehead atoms. The third-order valence-corrected chi connectivity index (χ3v) is 3.34. The summed E-state index contributed by atoms with van der Waals surface area (Å²) in [5, 5.41) is 0.